The molecule has 0 spiro atoms. The monoisotopic (exact) mass is 1070 g/mol. The van der Waals surface area contributed by atoms with Crippen molar-refractivity contribution >= 4 is 52.3 Å². The van der Waals surface area contributed by atoms with E-state index in [0.29, 0.717) is 11.8 Å². The zero-order chi connectivity index (χ0) is 49.8. The number of rotatable bonds is 15. The standard InChI is InChI=1S/2C28H29.C12H9Si.2ClH.Zr/c2*1-4-5-11-21-18-23-16-17-25(22-12-7-6-8-13-22)28(27(23)19-21)26-15-10-9-14-24(26)20(2)3;1-3-7-11-9(5-1)10-6-2-4-8-12(10)13-11;;;/h2*6-10,12-20H,4-5,11H2,1-3H3;1-7H,13H2;2*1H;/q;;;;;+2/p-2. The minimum absolute atomic E-state index is 0.156. The third kappa shape index (κ3) is 8.19. The van der Waals surface area contributed by atoms with Crippen molar-refractivity contribution < 1.29 is 16.4 Å². The Bertz CT molecular complexity index is 3240. The summed E-state index contributed by atoms with van der Waals surface area (Å²) in [5, 5.41) is 2.96. The number of allylic oxidation sites excluding steroid dienone is 2. The third-order valence-electron chi connectivity index (χ3n) is 16.5. The molecule has 0 nitrogen and oxygen atoms in total. The van der Waals surface area contributed by atoms with Crippen molar-refractivity contribution in [2.45, 2.75) is 99.2 Å². The molecule has 3 aliphatic rings. The Morgan fingerprint density at radius 3 is 1.35 bits per heavy atom. The van der Waals surface area contributed by atoms with E-state index in [1.54, 1.807) is 0 Å². The van der Waals surface area contributed by atoms with Gasteiger partial charge in [-0.2, -0.15) is 0 Å². The van der Waals surface area contributed by atoms with Crippen molar-refractivity contribution in [3.63, 3.8) is 0 Å². The van der Waals surface area contributed by atoms with Crippen molar-refractivity contribution in [1.82, 2.24) is 0 Å². The summed E-state index contributed by atoms with van der Waals surface area (Å²) in [5.74, 6) is 0.671. The second kappa shape index (κ2) is 20.0. The first-order chi connectivity index (χ1) is 35.0. The van der Waals surface area contributed by atoms with Crippen molar-refractivity contribution in [1.29, 1.82) is 0 Å². The molecule has 2 unspecified atom stereocenters. The zero-order valence-corrected chi connectivity index (χ0v) is 48.3. The van der Waals surface area contributed by atoms with Gasteiger partial charge in [0.25, 0.3) is 0 Å². The van der Waals surface area contributed by atoms with Crippen molar-refractivity contribution in [2.75, 3.05) is 0 Å². The van der Waals surface area contributed by atoms with Gasteiger partial charge in [-0.05, 0) is 0 Å². The number of fused-ring (bicyclic) bond motifs is 5. The normalized spacial score (nSPS) is 16.6. The Morgan fingerprint density at radius 1 is 0.444 bits per heavy atom. The fraction of sp³-hybridized carbons (Fsp3) is 0.235. The molecule has 0 bridgehead atoms. The van der Waals surface area contributed by atoms with Crippen molar-refractivity contribution in [3.8, 4) is 55.6 Å². The van der Waals surface area contributed by atoms with Crippen LogP contribution in [0, 0.1) is 0 Å². The van der Waals surface area contributed by atoms with E-state index >= 15 is 0 Å². The Hall–Kier alpha value is -5.08. The summed E-state index contributed by atoms with van der Waals surface area (Å²) in [6.07, 6.45) is 11.4. The number of hydrogen-bond donors (Lipinski definition) is 0. The van der Waals surface area contributed by atoms with Crippen LogP contribution in [0.5, 0.6) is 0 Å². The van der Waals surface area contributed by atoms with Gasteiger partial charge in [0.1, 0.15) is 0 Å². The summed E-state index contributed by atoms with van der Waals surface area (Å²) in [6.45, 7) is 14.0. The zero-order valence-electron chi connectivity index (χ0n) is 42.9. The van der Waals surface area contributed by atoms with E-state index in [-0.39, 0.29) is 7.25 Å². The minimum atomic E-state index is -5.90. The Morgan fingerprint density at radius 2 is 0.875 bits per heavy atom. The van der Waals surface area contributed by atoms with Gasteiger partial charge in [0.15, 0.2) is 0 Å². The van der Waals surface area contributed by atoms with Crippen LogP contribution in [0.4, 0.5) is 0 Å². The molecule has 1 heterocycles. The molecule has 8 aromatic carbocycles. The molecule has 0 fully saturated rings. The van der Waals surface area contributed by atoms with Crippen LogP contribution >= 0.6 is 17.0 Å². The van der Waals surface area contributed by atoms with E-state index in [9.17, 15) is 17.0 Å². The molecule has 72 heavy (non-hydrogen) atoms. The van der Waals surface area contributed by atoms with E-state index in [1.165, 1.54) is 114 Å². The van der Waals surface area contributed by atoms with Gasteiger partial charge in [0, 0.05) is 0 Å². The molecule has 361 valence electrons. The van der Waals surface area contributed by atoms with Gasteiger partial charge >= 0.3 is 444 Å². The quantitative estimate of drug-likeness (QED) is 0.0898. The predicted molar refractivity (Wildman–Crippen MR) is 314 cm³/mol. The molecule has 0 N–H and O–H groups in total. The van der Waals surface area contributed by atoms with Crippen molar-refractivity contribution in [3.05, 3.63) is 220 Å². The van der Waals surface area contributed by atoms with Gasteiger partial charge in [0.05, 0.1) is 0 Å². The summed E-state index contributed by atoms with van der Waals surface area (Å²) >= 11 is -5.90. The molecule has 8 aromatic rings. The summed E-state index contributed by atoms with van der Waals surface area (Å²) in [4.78, 5) is 0. The van der Waals surface area contributed by atoms with E-state index in [1.807, 2.05) is 0 Å². The van der Waals surface area contributed by atoms with Gasteiger partial charge in [-0.15, -0.1) is 0 Å². The Labute approximate surface area is 440 Å². The van der Waals surface area contributed by atoms with Crippen LogP contribution in [-0.4, -0.2) is 9.52 Å². The van der Waals surface area contributed by atoms with Crippen LogP contribution in [0.25, 0.3) is 67.8 Å². The first-order valence-electron chi connectivity index (χ1n) is 26.8. The van der Waals surface area contributed by atoms with Gasteiger partial charge in [-0.1, -0.05) is 0 Å². The molecule has 0 amide bonds. The average Bonchev–Trinajstić information content (AvgIpc) is 4.12. The van der Waals surface area contributed by atoms with Crippen LogP contribution in [0.3, 0.4) is 0 Å². The van der Waals surface area contributed by atoms with Gasteiger partial charge < -0.3 is 0 Å². The van der Waals surface area contributed by atoms with Gasteiger partial charge in [-0.25, -0.2) is 0 Å². The summed E-state index contributed by atoms with van der Waals surface area (Å²) in [7, 11) is 18.6. The Kier molecular flexibility index (Phi) is 13.6. The second-order valence-electron chi connectivity index (χ2n) is 21.5. The number of benzene rings is 8. The molecule has 1 aliphatic heterocycles. The molecular weight excluding hydrogens is 1010 g/mol. The van der Waals surface area contributed by atoms with Crippen molar-refractivity contribution in [2.24, 2.45) is 0 Å². The van der Waals surface area contributed by atoms with E-state index in [4.69, 9.17) is 0 Å². The van der Waals surface area contributed by atoms with Crippen LogP contribution in [-0.2, 0) is 16.4 Å². The first-order valence-corrected chi connectivity index (χ1v) is 38.7. The molecular formula is C68H67Cl2SiZr. The van der Waals surface area contributed by atoms with E-state index in [2.05, 4.69) is 230 Å². The van der Waals surface area contributed by atoms with E-state index < -0.39 is 25.9 Å². The van der Waals surface area contributed by atoms with Gasteiger partial charge in [-0.3, -0.25) is 0 Å². The number of hydrogen-bond acceptors (Lipinski definition) is 0. The summed E-state index contributed by atoms with van der Waals surface area (Å²) in [6, 6.07) is 66.4. The number of halogens is 2. The second-order valence-corrected chi connectivity index (χ2v) is 44.0. The molecule has 2 atom stereocenters. The van der Waals surface area contributed by atoms with Gasteiger partial charge in [0.2, 0.25) is 0 Å². The average molecular weight is 1070 g/mol. The maximum absolute atomic E-state index is 9.75. The molecule has 0 saturated heterocycles. The molecule has 0 aromatic heterocycles. The van der Waals surface area contributed by atoms with Crippen LogP contribution < -0.4 is 13.6 Å². The molecule has 0 radical (unpaired) electrons. The molecule has 0 saturated carbocycles. The first kappa shape index (κ1) is 49.1. The predicted octanol–water partition coefficient (Wildman–Crippen LogP) is 18.0. The number of unbranched alkanes of at least 4 members (excludes halogenated alkanes) is 2. The fourth-order valence-electron chi connectivity index (χ4n) is 13.3. The van der Waals surface area contributed by atoms with E-state index in [0.717, 1.165) is 38.5 Å². The molecule has 11 rings (SSSR count). The van der Waals surface area contributed by atoms with Crippen LogP contribution in [0.15, 0.2) is 187 Å². The Balaban J connectivity index is 1.27. The van der Waals surface area contributed by atoms with Crippen LogP contribution in [0.1, 0.15) is 133 Å². The fourth-order valence-corrected chi connectivity index (χ4v) is 41.3. The molecule has 2 aliphatic carbocycles. The topological polar surface area (TPSA) is 0 Å². The van der Waals surface area contributed by atoms with Crippen LogP contribution in [0.2, 0.25) is 0 Å². The third-order valence-corrected chi connectivity index (χ3v) is 39.3. The summed E-state index contributed by atoms with van der Waals surface area (Å²) in [5.41, 5.74) is 23.7. The summed E-state index contributed by atoms with van der Waals surface area (Å²) < 4.78 is 0.987. The SMILES string of the molecule is CCCCC1=Cc2c(ccc(-c3ccccc3)c2-c2ccccc2C(C)C)[CH]1[Zr]([Cl])([Cl])([c]1cccc2c1[SiH2]c1ccccc1-2)[CH]1C(CCCC)=Cc2c1ccc(-c1ccccc1)c2-c1ccccc1C(C)C. The maximum atomic E-state index is 9.75. The molecule has 4 heteroatoms.